The normalized spacial score (nSPS) is 11.5. The second kappa shape index (κ2) is 4.57. The van der Waals surface area contributed by atoms with Crippen molar-refractivity contribution >= 4 is 6.29 Å². The van der Waals surface area contributed by atoms with E-state index in [-0.39, 0.29) is 0 Å². The molecule has 0 aliphatic carbocycles. The van der Waals surface area contributed by atoms with Gasteiger partial charge in [-0.3, -0.25) is 0 Å². The van der Waals surface area contributed by atoms with Gasteiger partial charge < -0.3 is 4.79 Å². The monoisotopic (exact) mass is 112 g/mol. The number of aldehydes is 1. The molecule has 0 unspecified atom stereocenters. The van der Waals surface area contributed by atoms with Crippen LogP contribution in [0.5, 0.6) is 0 Å². The van der Waals surface area contributed by atoms with Crippen molar-refractivity contribution in [2.24, 2.45) is 0 Å². The van der Waals surface area contributed by atoms with Crippen molar-refractivity contribution in [3.05, 3.63) is 11.6 Å². The van der Waals surface area contributed by atoms with E-state index in [2.05, 4.69) is 0 Å². The van der Waals surface area contributed by atoms with Gasteiger partial charge in [-0.1, -0.05) is 11.6 Å². The molecule has 0 atom stereocenters. The van der Waals surface area contributed by atoms with Gasteiger partial charge in [0.25, 0.3) is 0 Å². The van der Waals surface area contributed by atoms with Gasteiger partial charge in [0.05, 0.1) is 0 Å². The predicted octanol–water partition coefficient (Wildman–Crippen LogP) is 1.93. The van der Waals surface area contributed by atoms with Crippen LogP contribution in [0.15, 0.2) is 11.6 Å². The van der Waals surface area contributed by atoms with Crippen LogP contribution in [0.1, 0.15) is 26.7 Å². The Hall–Kier alpha value is -0.590. The van der Waals surface area contributed by atoms with Gasteiger partial charge in [-0.25, -0.2) is 0 Å². The van der Waals surface area contributed by atoms with E-state index in [9.17, 15) is 4.79 Å². The highest BCUT2D eigenvalue weighted by Gasteiger charge is 1.83. The standard InChI is InChI=1S/C7H12O/c1-3-7(2)5-4-6-8/h3,6H,4-5H2,1-2H3/b7-3-. The molecule has 1 heteroatoms. The average molecular weight is 112 g/mol. The molecule has 0 aromatic heterocycles. The molecular weight excluding hydrogens is 100 g/mol. The minimum atomic E-state index is 0.663. The quantitative estimate of drug-likeness (QED) is 0.402. The second-order valence-electron chi connectivity index (χ2n) is 1.84. The fourth-order valence-corrected chi connectivity index (χ4v) is 0.431. The Bertz CT molecular complexity index is 92.6. The number of carbonyl (C=O) groups excluding carboxylic acids is 1. The lowest BCUT2D eigenvalue weighted by Crippen LogP contribution is -1.76. The molecule has 0 saturated heterocycles. The number of hydrogen-bond donors (Lipinski definition) is 0. The van der Waals surface area contributed by atoms with Crippen LogP contribution in [-0.4, -0.2) is 6.29 Å². The van der Waals surface area contributed by atoms with Gasteiger partial charge in [-0.15, -0.1) is 0 Å². The lowest BCUT2D eigenvalue weighted by atomic mass is 10.2. The number of rotatable bonds is 3. The highest BCUT2D eigenvalue weighted by atomic mass is 16.1. The summed E-state index contributed by atoms with van der Waals surface area (Å²) in [6.07, 6.45) is 4.56. The first-order valence-electron chi connectivity index (χ1n) is 2.86. The van der Waals surface area contributed by atoms with Crippen LogP contribution in [0.3, 0.4) is 0 Å². The molecular formula is C7H12O. The Morgan fingerprint density at radius 3 is 2.62 bits per heavy atom. The van der Waals surface area contributed by atoms with E-state index in [4.69, 9.17) is 0 Å². The summed E-state index contributed by atoms with van der Waals surface area (Å²) in [4.78, 5) is 9.80. The lowest BCUT2D eigenvalue weighted by Gasteiger charge is -1.90. The molecule has 0 amide bonds. The third kappa shape index (κ3) is 3.59. The number of carbonyl (C=O) groups is 1. The van der Waals surface area contributed by atoms with Gasteiger partial charge in [0.15, 0.2) is 0 Å². The molecule has 0 N–H and O–H groups in total. The molecule has 0 radical (unpaired) electrons. The molecule has 46 valence electrons. The zero-order valence-electron chi connectivity index (χ0n) is 5.48. The van der Waals surface area contributed by atoms with Crippen molar-refractivity contribution in [1.82, 2.24) is 0 Å². The molecule has 8 heavy (non-hydrogen) atoms. The van der Waals surface area contributed by atoms with Crippen LogP contribution >= 0.6 is 0 Å². The van der Waals surface area contributed by atoms with E-state index in [1.54, 1.807) is 0 Å². The maximum Gasteiger partial charge on any atom is 0.120 e. The first-order chi connectivity index (χ1) is 3.81. The van der Waals surface area contributed by atoms with Crippen molar-refractivity contribution in [2.45, 2.75) is 26.7 Å². The van der Waals surface area contributed by atoms with E-state index >= 15 is 0 Å². The van der Waals surface area contributed by atoms with Crippen LogP contribution in [0.25, 0.3) is 0 Å². The molecule has 0 bridgehead atoms. The largest absolute Gasteiger partial charge is 0.303 e. The zero-order valence-corrected chi connectivity index (χ0v) is 5.48. The van der Waals surface area contributed by atoms with Crippen LogP contribution in [0.4, 0.5) is 0 Å². The van der Waals surface area contributed by atoms with Gasteiger partial charge in [-0.05, 0) is 20.3 Å². The van der Waals surface area contributed by atoms with Gasteiger partial charge in [0.1, 0.15) is 6.29 Å². The summed E-state index contributed by atoms with van der Waals surface area (Å²) in [5.41, 5.74) is 1.29. The Balaban J connectivity index is 3.24. The summed E-state index contributed by atoms with van der Waals surface area (Å²) in [6.45, 7) is 4.02. The van der Waals surface area contributed by atoms with E-state index in [0.717, 1.165) is 12.7 Å². The molecule has 1 nitrogen and oxygen atoms in total. The maximum atomic E-state index is 9.80. The Labute approximate surface area is 50.4 Å². The highest BCUT2D eigenvalue weighted by Crippen LogP contribution is 1.99. The van der Waals surface area contributed by atoms with E-state index in [1.807, 2.05) is 19.9 Å². The number of allylic oxidation sites excluding steroid dienone is 2. The molecule has 0 aliphatic heterocycles. The van der Waals surface area contributed by atoms with Crippen LogP contribution < -0.4 is 0 Å². The SMILES string of the molecule is C/C=C(/C)CCC=O. The molecule has 0 fully saturated rings. The smallest absolute Gasteiger partial charge is 0.120 e. The van der Waals surface area contributed by atoms with Crippen molar-refractivity contribution in [2.75, 3.05) is 0 Å². The molecule has 0 aliphatic rings. The van der Waals surface area contributed by atoms with Crippen molar-refractivity contribution < 1.29 is 4.79 Å². The summed E-state index contributed by atoms with van der Waals surface area (Å²) in [7, 11) is 0. The second-order valence-corrected chi connectivity index (χ2v) is 1.84. The first-order valence-corrected chi connectivity index (χ1v) is 2.86. The molecule has 0 aromatic carbocycles. The third-order valence-corrected chi connectivity index (χ3v) is 1.15. The van der Waals surface area contributed by atoms with E-state index in [0.29, 0.717) is 6.42 Å². The summed E-state index contributed by atoms with van der Waals surface area (Å²) in [5.74, 6) is 0. The summed E-state index contributed by atoms with van der Waals surface area (Å²) < 4.78 is 0. The Morgan fingerprint density at radius 1 is 1.62 bits per heavy atom. The molecule has 0 heterocycles. The molecule has 0 aromatic rings. The van der Waals surface area contributed by atoms with E-state index in [1.165, 1.54) is 5.57 Å². The minimum absolute atomic E-state index is 0.663. The van der Waals surface area contributed by atoms with Gasteiger partial charge in [0, 0.05) is 6.42 Å². The minimum Gasteiger partial charge on any atom is -0.303 e. The van der Waals surface area contributed by atoms with Crippen LogP contribution in [0, 0.1) is 0 Å². The van der Waals surface area contributed by atoms with Gasteiger partial charge >= 0.3 is 0 Å². The topological polar surface area (TPSA) is 17.1 Å². The average Bonchev–Trinajstić information content (AvgIpc) is 1.83. The van der Waals surface area contributed by atoms with Crippen molar-refractivity contribution in [3.63, 3.8) is 0 Å². The summed E-state index contributed by atoms with van der Waals surface area (Å²) >= 11 is 0. The molecule has 0 spiro atoms. The number of hydrogen-bond acceptors (Lipinski definition) is 1. The fraction of sp³-hybridized carbons (Fsp3) is 0.571. The highest BCUT2D eigenvalue weighted by molar-refractivity contribution is 5.49. The summed E-state index contributed by atoms with van der Waals surface area (Å²) in [6, 6.07) is 0. The van der Waals surface area contributed by atoms with E-state index < -0.39 is 0 Å². The molecule has 0 rings (SSSR count). The zero-order chi connectivity index (χ0) is 6.41. The van der Waals surface area contributed by atoms with Crippen LogP contribution in [0.2, 0.25) is 0 Å². The lowest BCUT2D eigenvalue weighted by molar-refractivity contribution is -0.107. The first kappa shape index (κ1) is 7.41. The predicted molar refractivity (Wildman–Crippen MR) is 34.7 cm³/mol. The van der Waals surface area contributed by atoms with Gasteiger partial charge in [-0.2, -0.15) is 0 Å². The maximum absolute atomic E-state index is 9.80. The van der Waals surface area contributed by atoms with Crippen molar-refractivity contribution in [3.8, 4) is 0 Å². The Kier molecular flexibility index (Phi) is 4.23. The third-order valence-electron chi connectivity index (χ3n) is 1.15. The van der Waals surface area contributed by atoms with Crippen LogP contribution in [-0.2, 0) is 4.79 Å². The summed E-state index contributed by atoms with van der Waals surface area (Å²) in [5, 5.41) is 0. The van der Waals surface area contributed by atoms with Crippen molar-refractivity contribution in [1.29, 1.82) is 0 Å². The van der Waals surface area contributed by atoms with Gasteiger partial charge in [0.2, 0.25) is 0 Å². The fourth-order valence-electron chi connectivity index (χ4n) is 0.431. The Morgan fingerprint density at radius 2 is 2.25 bits per heavy atom. The molecule has 0 saturated carbocycles.